The summed E-state index contributed by atoms with van der Waals surface area (Å²) >= 11 is 0. The van der Waals surface area contributed by atoms with Crippen LogP contribution in [0.2, 0.25) is 0 Å². The molecule has 1 aliphatic rings. The van der Waals surface area contributed by atoms with E-state index in [0.29, 0.717) is 30.4 Å². The summed E-state index contributed by atoms with van der Waals surface area (Å²) < 4.78 is 18.8. The molecule has 17 heavy (non-hydrogen) atoms. The molecule has 0 bridgehead atoms. The summed E-state index contributed by atoms with van der Waals surface area (Å²) in [5.41, 5.74) is 7.72. The number of nitrogen functional groups attached to an aromatic ring is 1. The van der Waals surface area contributed by atoms with Crippen LogP contribution in [0.1, 0.15) is 11.3 Å². The number of halogens is 1. The van der Waals surface area contributed by atoms with E-state index in [9.17, 15) is 4.39 Å². The molecule has 1 aliphatic heterocycles. The quantitative estimate of drug-likeness (QED) is 0.814. The largest absolute Gasteiger partial charge is 0.383 e. The van der Waals surface area contributed by atoms with Crippen LogP contribution in [0.3, 0.4) is 0 Å². The highest BCUT2D eigenvalue weighted by molar-refractivity contribution is 5.59. The highest BCUT2D eigenvalue weighted by Crippen LogP contribution is 2.27. The Hall–Kier alpha value is -2.01. The van der Waals surface area contributed by atoms with Gasteiger partial charge in [0.15, 0.2) is 5.82 Å². The summed E-state index contributed by atoms with van der Waals surface area (Å²) in [6.45, 7) is 0.836. The molecule has 0 atom stereocenters. The molecule has 2 heterocycles. The van der Waals surface area contributed by atoms with Gasteiger partial charge in [0.05, 0.1) is 24.5 Å². The maximum absolute atomic E-state index is 13.6. The number of hydrogen-bond donors (Lipinski definition) is 1. The second-order valence-corrected chi connectivity index (χ2v) is 3.83. The molecule has 86 valence electrons. The molecular weight excluding hydrogens is 221 g/mol. The predicted molar refractivity (Wildman–Crippen MR) is 60.3 cm³/mol. The van der Waals surface area contributed by atoms with Crippen LogP contribution < -0.4 is 5.73 Å². The van der Waals surface area contributed by atoms with E-state index < -0.39 is 0 Å². The van der Waals surface area contributed by atoms with Crippen molar-refractivity contribution in [3.63, 3.8) is 0 Å². The van der Waals surface area contributed by atoms with Gasteiger partial charge in [-0.1, -0.05) is 12.1 Å². The summed E-state index contributed by atoms with van der Waals surface area (Å²) in [6, 6.07) is 6.37. The summed E-state index contributed by atoms with van der Waals surface area (Å²) in [6.07, 6.45) is 0. The summed E-state index contributed by atoms with van der Waals surface area (Å²) in [4.78, 5) is 8.41. The smallest absolute Gasteiger partial charge is 0.164 e. The van der Waals surface area contributed by atoms with Crippen molar-refractivity contribution >= 4 is 5.82 Å². The maximum atomic E-state index is 13.6. The average Bonchev–Trinajstić information content (AvgIpc) is 2.78. The molecule has 0 saturated heterocycles. The van der Waals surface area contributed by atoms with Gasteiger partial charge in [-0.05, 0) is 12.1 Å². The molecule has 0 amide bonds. The van der Waals surface area contributed by atoms with Crippen LogP contribution in [0, 0.1) is 5.82 Å². The Labute approximate surface area is 97.3 Å². The number of ether oxygens (including phenoxy) is 1. The molecule has 4 nitrogen and oxygen atoms in total. The average molecular weight is 231 g/mol. The van der Waals surface area contributed by atoms with E-state index in [2.05, 4.69) is 9.97 Å². The molecule has 0 unspecified atom stereocenters. The normalized spacial score (nSPS) is 13.7. The Balaban J connectivity index is 2.17. The van der Waals surface area contributed by atoms with Gasteiger partial charge in [0, 0.05) is 5.56 Å². The number of fused-ring (bicyclic) bond motifs is 1. The van der Waals surface area contributed by atoms with Gasteiger partial charge in [0.2, 0.25) is 0 Å². The highest BCUT2D eigenvalue weighted by atomic mass is 19.1. The van der Waals surface area contributed by atoms with Gasteiger partial charge < -0.3 is 10.5 Å². The second kappa shape index (κ2) is 3.78. The lowest BCUT2D eigenvalue weighted by molar-refractivity contribution is 0.133. The topological polar surface area (TPSA) is 61.0 Å². The molecule has 0 radical (unpaired) electrons. The van der Waals surface area contributed by atoms with Crippen LogP contribution in [-0.4, -0.2) is 9.97 Å². The Kier molecular flexibility index (Phi) is 2.26. The van der Waals surface area contributed by atoms with Gasteiger partial charge >= 0.3 is 0 Å². The number of anilines is 1. The van der Waals surface area contributed by atoms with E-state index in [4.69, 9.17) is 10.5 Å². The molecule has 1 aromatic heterocycles. The molecule has 0 saturated carbocycles. The molecule has 1 aromatic carbocycles. The third-order valence-electron chi connectivity index (χ3n) is 2.72. The van der Waals surface area contributed by atoms with Crippen LogP contribution >= 0.6 is 0 Å². The van der Waals surface area contributed by atoms with E-state index in [1.165, 1.54) is 6.07 Å². The first kappa shape index (κ1) is 10.2. The fraction of sp³-hybridized carbons (Fsp3) is 0.167. The zero-order chi connectivity index (χ0) is 11.8. The van der Waals surface area contributed by atoms with Crippen molar-refractivity contribution in [1.29, 1.82) is 0 Å². The predicted octanol–water partition coefficient (Wildman–Crippen LogP) is 1.90. The van der Waals surface area contributed by atoms with Crippen molar-refractivity contribution in [2.45, 2.75) is 13.2 Å². The van der Waals surface area contributed by atoms with Crippen LogP contribution in [0.4, 0.5) is 10.2 Å². The molecule has 0 spiro atoms. The number of aromatic nitrogens is 2. The Morgan fingerprint density at radius 2 is 2.00 bits per heavy atom. The number of nitrogens with two attached hydrogens (primary N) is 1. The van der Waals surface area contributed by atoms with Crippen molar-refractivity contribution < 1.29 is 9.13 Å². The molecule has 3 rings (SSSR count). The zero-order valence-electron chi connectivity index (χ0n) is 8.98. The van der Waals surface area contributed by atoms with E-state index in [-0.39, 0.29) is 5.82 Å². The Morgan fingerprint density at radius 1 is 1.18 bits per heavy atom. The van der Waals surface area contributed by atoms with E-state index in [0.717, 1.165) is 11.3 Å². The van der Waals surface area contributed by atoms with E-state index >= 15 is 0 Å². The lowest BCUT2D eigenvalue weighted by atomic mass is 10.1. The van der Waals surface area contributed by atoms with Crippen LogP contribution in [0.5, 0.6) is 0 Å². The van der Waals surface area contributed by atoms with E-state index in [1.807, 2.05) is 0 Å². The minimum atomic E-state index is -0.356. The van der Waals surface area contributed by atoms with Crippen molar-refractivity contribution in [2.24, 2.45) is 0 Å². The molecule has 0 fully saturated rings. The summed E-state index contributed by atoms with van der Waals surface area (Å²) in [5.74, 6) is 0.321. The molecule has 2 N–H and O–H groups in total. The van der Waals surface area contributed by atoms with Crippen LogP contribution in [-0.2, 0) is 18.0 Å². The standard InChI is InChI=1S/C12H10FN3O/c13-9-4-2-1-3-7(9)12-15-10-6-17-5-8(10)11(14)16-12/h1-4H,5-6H2,(H2,14,15,16). The minimum Gasteiger partial charge on any atom is -0.383 e. The zero-order valence-corrected chi connectivity index (χ0v) is 8.98. The third kappa shape index (κ3) is 1.64. The van der Waals surface area contributed by atoms with Crippen molar-refractivity contribution in [3.05, 3.63) is 41.3 Å². The lowest BCUT2D eigenvalue weighted by Gasteiger charge is -2.06. The second-order valence-electron chi connectivity index (χ2n) is 3.83. The highest BCUT2D eigenvalue weighted by Gasteiger charge is 2.19. The van der Waals surface area contributed by atoms with Gasteiger partial charge in [-0.2, -0.15) is 0 Å². The van der Waals surface area contributed by atoms with Gasteiger partial charge in [-0.3, -0.25) is 0 Å². The molecule has 5 heteroatoms. The number of benzene rings is 1. The SMILES string of the molecule is Nc1nc(-c2ccccc2F)nc2c1COC2. The van der Waals surface area contributed by atoms with Gasteiger partial charge in [-0.25, -0.2) is 14.4 Å². The van der Waals surface area contributed by atoms with Crippen molar-refractivity contribution in [1.82, 2.24) is 9.97 Å². The third-order valence-corrected chi connectivity index (χ3v) is 2.72. The Bertz CT molecular complexity index is 586. The molecule has 2 aromatic rings. The fourth-order valence-electron chi connectivity index (χ4n) is 1.84. The van der Waals surface area contributed by atoms with Gasteiger partial charge in [0.1, 0.15) is 11.6 Å². The Morgan fingerprint density at radius 3 is 2.82 bits per heavy atom. The lowest BCUT2D eigenvalue weighted by Crippen LogP contribution is -2.03. The number of rotatable bonds is 1. The number of nitrogens with zero attached hydrogens (tertiary/aromatic N) is 2. The first-order valence-corrected chi connectivity index (χ1v) is 5.23. The maximum Gasteiger partial charge on any atom is 0.164 e. The molecule has 0 aliphatic carbocycles. The first-order chi connectivity index (χ1) is 8.25. The summed E-state index contributed by atoms with van der Waals surface area (Å²) in [7, 11) is 0. The van der Waals surface area contributed by atoms with Crippen molar-refractivity contribution in [2.75, 3.05) is 5.73 Å². The van der Waals surface area contributed by atoms with E-state index in [1.54, 1.807) is 18.2 Å². The summed E-state index contributed by atoms with van der Waals surface area (Å²) in [5, 5.41) is 0. The van der Waals surface area contributed by atoms with Gasteiger partial charge in [0.25, 0.3) is 0 Å². The van der Waals surface area contributed by atoms with Crippen LogP contribution in [0.25, 0.3) is 11.4 Å². The van der Waals surface area contributed by atoms with Gasteiger partial charge in [-0.15, -0.1) is 0 Å². The monoisotopic (exact) mass is 231 g/mol. The number of hydrogen-bond acceptors (Lipinski definition) is 4. The fourth-order valence-corrected chi connectivity index (χ4v) is 1.84. The molecular formula is C12H10FN3O. The van der Waals surface area contributed by atoms with Crippen LogP contribution in [0.15, 0.2) is 24.3 Å². The minimum absolute atomic E-state index is 0.310. The van der Waals surface area contributed by atoms with Crippen molar-refractivity contribution in [3.8, 4) is 11.4 Å². The first-order valence-electron chi connectivity index (χ1n) is 5.23.